The predicted molar refractivity (Wildman–Crippen MR) is 44.7 cm³/mol. The van der Waals surface area contributed by atoms with Crippen molar-refractivity contribution in [2.45, 2.75) is 21.8 Å². The molecule has 0 bridgehead atoms. The molecule has 0 amide bonds. The third-order valence-corrected chi connectivity index (χ3v) is 4.59. The molecule has 0 aromatic heterocycles. The summed E-state index contributed by atoms with van der Waals surface area (Å²) < 4.78 is 102. The van der Waals surface area contributed by atoms with Crippen LogP contribution >= 0.6 is 33.3 Å². The fourth-order valence-electron chi connectivity index (χ4n) is 0.361. The van der Waals surface area contributed by atoms with E-state index in [9.17, 15) is 39.5 Å². The minimum Gasteiger partial charge on any atom is -0.169 e. The highest BCUT2D eigenvalue weighted by molar-refractivity contribution is 8.78. The van der Waals surface area contributed by atoms with E-state index in [1.165, 1.54) is 0 Å². The maximum atomic E-state index is 11.9. The summed E-state index contributed by atoms with van der Waals surface area (Å²) in [6.07, 6.45) is -5.37. The number of hydrogen-bond acceptors (Lipinski definition) is 3. The van der Waals surface area contributed by atoms with E-state index in [1.807, 2.05) is 0 Å². The van der Waals surface area contributed by atoms with E-state index in [0.29, 0.717) is 0 Å². The largest absolute Gasteiger partial charge is 0.452 e. The van der Waals surface area contributed by atoms with E-state index in [4.69, 9.17) is 0 Å². The van der Waals surface area contributed by atoms with Gasteiger partial charge in [-0.1, -0.05) is 10.8 Å². The molecule has 1 atom stereocenters. The molecule has 12 heteroatoms. The first kappa shape index (κ1) is 16.4. The Hall–Kier alpha value is 0.420. The minimum absolute atomic E-state index is 0.928. The Bertz CT molecular complexity index is 214. The zero-order valence-electron chi connectivity index (χ0n) is 6.70. The van der Waals surface area contributed by atoms with Crippen LogP contribution in [0.5, 0.6) is 0 Å². The summed E-state index contributed by atoms with van der Waals surface area (Å²) in [5.74, 6) is 0. The van der Waals surface area contributed by atoms with Gasteiger partial charge in [0.05, 0.1) is 0 Å². The van der Waals surface area contributed by atoms with Gasteiger partial charge in [0.2, 0.25) is 0 Å². The fraction of sp³-hybridized carbons (Fsp3) is 1.00. The quantitative estimate of drug-likeness (QED) is 0.407. The second kappa shape index (κ2) is 5.38. The smallest absolute Gasteiger partial charge is 0.169 e. The monoisotopic (exact) mass is 316 g/mol. The van der Waals surface area contributed by atoms with Gasteiger partial charge >= 0.3 is 17.2 Å². The van der Waals surface area contributed by atoms with Crippen molar-refractivity contribution < 1.29 is 39.5 Å². The van der Waals surface area contributed by atoms with Crippen LogP contribution in [-0.2, 0) is 0 Å². The molecule has 1 unspecified atom stereocenters. The van der Waals surface area contributed by atoms with Crippen LogP contribution in [0.3, 0.4) is 0 Å². The normalized spacial score (nSPS) is 16.3. The van der Waals surface area contributed by atoms with Crippen LogP contribution < -0.4 is 0 Å². The van der Waals surface area contributed by atoms with Gasteiger partial charge in [0.15, 0.2) is 4.58 Å². The van der Waals surface area contributed by atoms with Crippen LogP contribution in [0, 0.1) is 0 Å². The van der Waals surface area contributed by atoms with E-state index in [1.54, 1.807) is 0 Å². The lowest BCUT2D eigenvalue weighted by Crippen LogP contribution is -2.25. The summed E-state index contributed by atoms with van der Waals surface area (Å²) in [6, 6.07) is 0. The molecule has 98 valence electrons. The average Bonchev–Trinajstić information content (AvgIpc) is 1.91. The first-order chi connectivity index (χ1) is 6.81. The van der Waals surface area contributed by atoms with Crippen molar-refractivity contribution in [2.24, 2.45) is 0 Å². The third kappa shape index (κ3) is 8.56. The van der Waals surface area contributed by atoms with Gasteiger partial charge in [0.25, 0.3) is 0 Å². The highest BCUT2D eigenvalue weighted by Gasteiger charge is 2.49. The van der Waals surface area contributed by atoms with E-state index >= 15 is 0 Å². The molecule has 0 aliphatic rings. The Kier molecular flexibility index (Phi) is 5.52. The Labute approximate surface area is 95.1 Å². The van der Waals surface area contributed by atoms with Crippen molar-refractivity contribution in [2.75, 3.05) is 0 Å². The zero-order chi connectivity index (χ0) is 13.2. The van der Waals surface area contributed by atoms with Gasteiger partial charge in [-0.2, -0.15) is 39.5 Å². The molecule has 0 spiro atoms. The number of hydrogen-bond donors (Lipinski definition) is 0. The maximum Gasteiger partial charge on any atom is 0.452 e. The SMILES string of the molecule is FC(F)(F)SSC(SC(F)(F)F)C(F)(F)F. The summed E-state index contributed by atoms with van der Waals surface area (Å²) >= 11 is -1.53. The van der Waals surface area contributed by atoms with Gasteiger partial charge in [-0.05, 0) is 11.8 Å². The molecular formula is C4HF9S3. The Balaban J connectivity index is 4.47. The average molecular weight is 316 g/mol. The summed E-state index contributed by atoms with van der Waals surface area (Å²) in [4.78, 5) is 0. The molecule has 0 aromatic rings. The molecule has 0 saturated carbocycles. The van der Waals surface area contributed by atoms with Crippen molar-refractivity contribution in [3.8, 4) is 0 Å². The van der Waals surface area contributed by atoms with E-state index in [0.717, 1.165) is 0 Å². The van der Waals surface area contributed by atoms with Crippen LogP contribution in [0.25, 0.3) is 0 Å². The maximum absolute atomic E-state index is 11.9. The summed E-state index contributed by atoms with van der Waals surface area (Å²) in [5.41, 5.74) is -10.3. The lowest BCUT2D eigenvalue weighted by atomic mass is 10.8. The van der Waals surface area contributed by atoms with E-state index in [2.05, 4.69) is 0 Å². The van der Waals surface area contributed by atoms with E-state index < -0.39 is 55.1 Å². The van der Waals surface area contributed by atoms with Crippen molar-refractivity contribution in [1.82, 2.24) is 0 Å². The molecule has 0 aromatic carbocycles. The predicted octanol–water partition coefficient (Wildman–Crippen LogP) is 5.03. The first-order valence-electron chi connectivity index (χ1n) is 3.04. The van der Waals surface area contributed by atoms with Gasteiger partial charge < -0.3 is 0 Å². The molecule has 16 heavy (non-hydrogen) atoms. The lowest BCUT2D eigenvalue weighted by Gasteiger charge is -2.20. The Morgan fingerprint density at radius 3 is 1.38 bits per heavy atom. The Morgan fingerprint density at radius 2 is 1.12 bits per heavy atom. The van der Waals surface area contributed by atoms with Gasteiger partial charge in [-0.25, -0.2) is 0 Å². The molecule has 0 nitrogen and oxygen atoms in total. The number of thioether (sulfide) groups is 1. The van der Waals surface area contributed by atoms with Gasteiger partial charge in [0, 0.05) is 10.8 Å². The topological polar surface area (TPSA) is 0 Å². The molecule has 0 aliphatic carbocycles. The van der Waals surface area contributed by atoms with Gasteiger partial charge in [-0.15, -0.1) is 0 Å². The third-order valence-electron chi connectivity index (χ3n) is 0.738. The molecule has 0 rings (SSSR count). The van der Waals surface area contributed by atoms with Crippen molar-refractivity contribution >= 4 is 33.3 Å². The van der Waals surface area contributed by atoms with Crippen LogP contribution in [0.4, 0.5) is 39.5 Å². The molecule has 0 heterocycles. The molecule has 0 fully saturated rings. The highest BCUT2D eigenvalue weighted by Crippen LogP contribution is 2.53. The van der Waals surface area contributed by atoms with Crippen molar-refractivity contribution in [1.29, 1.82) is 0 Å². The van der Waals surface area contributed by atoms with Gasteiger partial charge in [-0.3, -0.25) is 0 Å². The van der Waals surface area contributed by atoms with Crippen molar-refractivity contribution in [3.05, 3.63) is 0 Å². The minimum atomic E-state index is -5.37. The van der Waals surface area contributed by atoms with Gasteiger partial charge in [0.1, 0.15) is 0 Å². The molecule has 0 N–H and O–H groups in total. The first-order valence-corrected chi connectivity index (χ1v) is 6.13. The second-order valence-corrected chi connectivity index (χ2v) is 5.90. The number of halogens is 9. The standard InChI is InChI=1S/C4HF9S3/c5-2(6,7)1(14-3(8,9)10)15-16-4(11,12)13/h1H. The summed E-state index contributed by atoms with van der Waals surface area (Å²) in [5, 5.41) is 0. The summed E-state index contributed by atoms with van der Waals surface area (Å²) in [6.45, 7) is 0. The second-order valence-electron chi connectivity index (χ2n) is 2.06. The zero-order valence-corrected chi connectivity index (χ0v) is 9.15. The van der Waals surface area contributed by atoms with Crippen LogP contribution in [0.2, 0.25) is 0 Å². The van der Waals surface area contributed by atoms with Crippen LogP contribution in [0.15, 0.2) is 0 Å². The fourth-order valence-corrected chi connectivity index (χ4v) is 3.15. The van der Waals surface area contributed by atoms with Crippen LogP contribution in [-0.4, -0.2) is 21.8 Å². The molecular weight excluding hydrogens is 315 g/mol. The summed E-state index contributed by atoms with van der Waals surface area (Å²) in [7, 11) is -2.14. The number of alkyl halides is 9. The van der Waals surface area contributed by atoms with Crippen molar-refractivity contribution in [3.63, 3.8) is 0 Å². The number of rotatable bonds is 3. The Morgan fingerprint density at radius 1 is 0.688 bits per heavy atom. The highest BCUT2D eigenvalue weighted by atomic mass is 33.1. The molecule has 0 saturated heterocycles. The lowest BCUT2D eigenvalue weighted by molar-refractivity contribution is -0.115. The molecule has 0 radical (unpaired) electrons. The molecule has 0 aliphatic heterocycles. The van der Waals surface area contributed by atoms with E-state index in [-0.39, 0.29) is 0 Å². The van der Waals surface area contributed by atoms with Crippen LogP contribution in [0.1, 0.15) is 0 Å².